The van der Waals surface area contributed by atoms with Crippen LogP contribution in [0.4, 0.5) is 4.39 Å². The Hall–Kier alpha value is -1.71. The molecule has 0 fully saturated rings. The first-order valence-electron chi connectivity index (χ1n) is 4.61. The van der Waals surface area contributed by atoms with Crippen LogP contribution in [-0.4, -0.2) is 16.8 Å². The summed E-state index contributed by atoms with van der Waals surface area (Å²) >= 11 is 0. The largest absolute Gasteiger partial charge is 0.339 e. The lowest BCUT2D eigenvalue weighted by Crippen LogP contribution is -1.86. The third-order valence-electron chi connectivity index (χ3n) is 1.73. The second kappa shape index (κ2) is 5.90. The van der Waals surface area contributed by atoms with Gasteiger partial charge in [0.05, 0.1) is 0 Å². The zero-order chi connectivity index (χ0) is 11.1. The lowest BCUT2D eigenvalue weighted by Gasteiger charge is -1.95. The highest BCUT2D eigenvalue weighted by molar-refractivity contribution is 5.62. The molecule has 0 aromatic carbocycles. The third-order valence-corrected chi connectivity index (χ3v) is 1.73. The molecule has 0 bridgehead atoms. The molecule has 0 saturated carbocycles. The molecular weight excluding hydrogens is 195 g/mol. The van der Waals surface area contributed by atoms with Gasteiger partial charge in [-0.15, -0.1) is 0 Å². The lowest BCUT2D eigenvalue weighted by atomic mass is 10.1. The number of aromatic nitrogens is 2. The number of nitrogens with zero attached hydrogens (tertiary/aromatic N) is 2. The highest BCUT2D eigenvalue weighted by atomic mass is 19.1. The van der Waals surface area contributed by atoms with Gasteiger partial charge in [-0.2, -0.15) is 4.98 Å². The van der Waals surface area contributed by atoms with Gasteiger partial charge in [0.25, 0.3) is 0 Å². The maximum absolute atomic E-state index is 11.9. The minimum absolute atomic E-state index is 0.466. The predicted molar refractivity (Wildman–Crippen MR) is 56.9 cm³/mol. The second-order valence-corrected chi connectivity index (χ2v) is 2.89. The van der Waals surface area contributed by atoms with E-state index in [-0.39, 0.29) is 0 Å². The Bertz CT molecular complexity index is 380. The normalized spacial score (nSPS) is 12.3. The molecule has 0 atom stereocenters. The Balaban J connectivity index is 2.79. The van der Waals surface area contributed by atoms with Gasteiger partial charge in [0.2, 0.25) is 5.89 Å². The molecule has 3 nitrogen and oxygen atoms in total. The van der Waals surface area contributed by atoms with Crippen LogP contribution in [-0.2, 0) is 0 Å². The summed E-state index contributed by atoms with van der Waals surface area (Å²) in [5, 5.41) is 3.78. The van der Waals surface area contributed by atoms with E-state index in [9.17, 15) is 4.39 Å². The Morgan fingerprint density at radius 1 is 1.53 bits per heavy atom. The molecule has 0 unspecified atom stereocenters. The van der Waals surface area contributed by atoms with E-state index < -0.39 is 6.67 Å². The highest BCUT2D eigenvalue weighted by Crippen LogP contribution is 2.15. The van der Waals surface area contributed by atoms with Gasteiger partial charge in [-0.3, -0.25) is 0 Å². The van der Waals surface area contributed by atoms with Gasteiger partial charge in [-0.25, -0.2) is 4.39 Å². The van der Waals surface area contributed by atoms with Crippen molar-refractivity contribution in [2.75, 3.05) is 6.67 Å². The molecule has 1 heterocycles. The molecule has 0 aliphatic heterocycles. The van der Waals surface area contributed by atoms with E-state index in [1.54, 1.807) is 25.2 Å². The van der Waals surface area contributed by atoms with E-state index in [0.717, 1.165) is 5.57 Å². The molecule has 1 aromatic rings. The number of hydrogen-bond donors (Lipinski definition) is 0. The van der Waals surface area contributed by atoms with Crippen LogP contribution >= 0.6 is 0 Å². The Morgan fingerprint density at radius 3 is 2.87 bits per heavy atom. The van der Waals surface area contributed by atoms with Crippen molar-refractivity contribution in [3.8, 4) is 0 Å². The molecule has 0 aliphatic carbocycles. The van der Waals surface area contributed by atoms with Gasteiger partial charge in [0.1, 0.15) is 6.67 Å². The van der Waals surface area contributed by atoms with Crippen LogP contribution in [0.3, 0.4) is 0 Å². The van der Waals surface area contributed by atoms with Gasteiger partial charge in [0.15, 0.2) is 5.82 Å². The fourth-order valence-electron chi connectivity index (χ4n) is 1.08. The van der Waals surface area contributed by atoms with Crippen LogP contribution in [0.15, 0.2) is 35.4 Å². The smallest absolute Gasteiger partial charge is 0.223 e. The van der Waals surface area contributed by atoms with Crippen LogP contribution in [0.1, 0.15) is 18.1 Å². The first-order chi connectivity index (χ1) is 7.27. The summed E-state index contributed by atoms with van der Waals surface area (Å²) in [6.45, 7) is 4.86. The molecule has 80 valence electrons. The van der Waals surface area contributed by atoms with Crippen LogP contribution in [0, 0.1) is 6.92 Å². The monoisotopic (exact) mass is 208 g/mol. The molecule has 0 saturated heterocycles. The third kappa shape index (κ3) is 3.50. The minimum Gasteiger partial charge on any atom is -0.339 e. The van der Waals surface area contributed by atoms with E-state index in [0.29, 0.717) is 18.1 Å². The summed E-state index contributed by atoms with van der Waals surface area (Å²) in [6.07, 6.45) is 7.16. The first-order valence-corrected chi connectivity index (χ1v) is 4.61. The number of hydrogen-bond acceptors (Lipinski definition) is 3. The quantitative estimate of drug-likeness (QED) is 0.551. The molecule has 0 spiro atoms. The average molecular weight is 208 g/mol. The van der Waals surface area contributed by atoms with E-state index in [1.807, 2.05) is 0 Å². The zero-order valence-corrected chi connectivity index (χ0v) is 8.61. The lowest BCUT2D eigenvalue weighted by molar-refractivity contribution is 0.391. The highest BCUT2D eigenvalue weighted by Gasteiger charge is 2.06. The van der Waals surface area contributed by atoms with Crippen molar-refractivity contribution < 1.29 is 8.91 Å². The number of halogens is 1. The minimum atomic E-state index is -0.466. The molecule has 1 rings (SSSR count). The zero-order valence-electron chi connectivity index (χ0n) is 8.61. The van der Waals surface area contributed by atoms with E-state index in [4.69, 9.17) is 4.52 Å². The number of alkyl halides is 1. The summed E-state index contributed by atoms with van der Waals surface area (Å²) in [6, 6.07) is 0. The standard InChI is InChI=1S/C11H13FN2O/c1-3-6-10(7-4-5-8-12)11-13-9(2)15-14-11/h3-6H,1,7-8H2,2H3/b5-4-,10-6+. The van der Waals surface area contributed by atoms with Crippen molar-refractivity contribution in [1.82, 2.24) is 10.1 Å². The molecule has 0 radical (unpaired) electrons. The van der Waals surface area contributed by atoms with Crippen molar-refractivity contribution in [1.29, 1.82) is 0 Å². The second-order valence-electron chi connectivity index (χ2n) is 2.89. The average Bonchev–Trinajstić information content (AvgIpc) is 2.64. The number of aryl methyl sites for hydroxylation is 1. The Labute approximate surface area is 88.0 Å². The van der Waals surface area contributed by atoms with E-state index >= 15 is 0 Å². The molecule has 0 aliphatic rings. The van der Waals surface area contributed by atoms with Crippen LogP contribution in [0.25, 0.3) is 5.57 Å². The molecule has 1 aromatic heterocycles. The molecule has 15 heavy (non-hydrogen) atoms. The maximum atomic E-state index is 11.9. The summed E-state index contributed by atoms with van der Waals surface area (Å²) in [7, 11) is 0. The predicted octanol–water partition coefficient (Wildman–Crippen LogP) is 2.86. The van der Waals surface area contributed by atoms with Crippen LogP contribution in [0.5, 0.6) is 0 Å². The fourth-order valence-corrected chi connectivity index (χ4v) is 1.08. The van der Waals surface area contributed by atoms with Crippen molar-refractivity contribution in [2.45, 2.75) is 13.3 Å². The summed E-state index contributed by atoms with van der Waals surface area (Å²) < 4.78 is 16.7. The Kier molecular flexibility index (Phi) is 4.47. The fraction of sp³-hybridized carbons (Fsp3) is 0.273. The van der Waals surface area contributed by atoms with Gasteiger partial charge >= 0.3 is 0 Å². The van der Waals surface area contributed by atoms with Gasteiger partial charge in [-0.05, 0) is 6.42 Å². The van der Waals surface area contributed by atoms with Crippen molar-refractivity contribution in [2.24, 2.45) is 0 Å². The summed E-state index contributed by atoms with van der Waals surface area (Å²) in [5.41, 5.74) is 0.853. The number of rotatable bonds is 5. The van der Waals surface area contributed by atoms with Gasteiger partial charge in [0, 0.05) is 12.5 Å². The maximum Gasteiger partial charge on any atom is 0.223 e. The van der Waals surface area contributed by atoms with Crippen LogP contribution < -0.4 is 0 Å². The first kappa shape index (κ1) is 11.4. The molecule has 0 amide bonds. The molecule has 0 N–H and O–H groups in total. The molecule has 4 heteroatoms. The van der Waals surface area contributed by atoms with E-state index in [1.165, 1.54) is 6.08 Å². The van der Waals surface area contributed by atoms with Gasteiger partial charge in [-0.1, -0.05) is 36.0 Å². The van der Waals surface area contributed by atoms with Gasteiger partial charge < -0.3 is 4.52 Å². The van der Waals surface area contributed by atoms with Crippen LogP contribution in [0.2, 0.25) is 0 Å². The van der Waals surface area contributed by atoms with E-state index in [2.05, 4.69) is 16.7 Å². The SMILES string of the molecule is C=C/C=C(\C/C=C\CF)c1noc(C)n1. The molecular formula is C11H13FN2O. The summed E-state index contributed by atoms with van der Waals surface area (Å²) in [5.74, 6) is 1.03. The van der Waals surface area contributed by atoms with Crippen molar-refractivity contribution >= 4 is 5.57 Å². The number of allylic oxidation sites excluding steroid dienone is 5. The van der Waals surface area contributed by atoms with Crippen molar-refractivity contribution in [3.63, 3.8) is 0 Å². The van der Waals surface area contributed by atoms with Crippen molar-refractivity contribution in [3.05, 3.63) is 42.6 Å². The topological polar surface area (TPSA) is 38.9 Å². The summed E-state index contributed by atoms with van der Waals surface area (Å²) in [4.78, 5) is 4.09. The Morgan fingerprint density at radius 2 is 2.33 bits per heavy atom.